The molecule has 9 nitrogen and oxygen atoms in total. The van der Waals surface area contributed by atoms with E-state index in [4.69, 9.17) is 4.74 Å². The molecule has 4 N–H and O–H groups in total. The maximum absolute atomic E-state index is 12.0. The minimum absolute atomic E-state index is 0. The van der Waals surface area contributed by atoms with Crippen LogP contribution in [0.5, 0.6) is 0 Å². The molecule has 2 amide bonds. The van der Waals surface area contributed by atoms with E-state index < -0.39 is 17.8 Å². The Hall–Kier alpha value is -2.24. The number of anilines is 1. The van der Waals surface area contributed by atoms with E-state index in [0.29, 0.717) is 24.7 Å². The maximum atomic E-state index is 12.0. The average Bonchev–Trinajstić information content (AvgIpc) is 2.72. The summed E-state index contributed by atoms with van der Waals surface area (Å²) < 4.78 is 9.89. The molecule has 0 aliphatic rings. The van der Waals surface area contributed by atoms with Gasteiger partial charge in [0.15, 0.2) is 5.96 Å². The molecule has 0 aromatic heterocycles. The molecule has 0 saturated carbocycles. The maximum Gasteiger partial charge on any atom is 0.411 e. The van der Waals surface area contributed by atoms with Crippen molar-refractivity contribution >= 4 is 47.8 Å². The molecular weight excluding hydrogens is 525 g/mol. The summed E-state index contributed by atoms with van der Waals surface area (Å²) in [5.41, 5.74) is 1.15. The van der Waals surface area contributed by atoms with Crippen molar-refractivity contribution in [1.82, 2.24) is 16.0 Å². The molecule has 0 radical (unpaired) electrons. The minimum atomic E-state index is -0.532. The molecule has 0 fully saturated rings. The Balaban J connectivity index is 0.00000961. The number of unbranched alkanes of at least 4 members (excludes halogenated alkanes) is 1. The number of ether oxygens (including phenoxy) is 2. The molecule has 0 aliphatic carbocycles. The smallest absolute Gasteiger partial charge is 0.411 e. The van der Waals surface area contributed by atoms with Crippen LogP contribution in [0.25, 0.3) is 0 Å². The normalized spacial score (nSPS) is 12.1. The highest BCUT2D eigenvalue weighted by atomic mass is 127. The number of rotatable bonds is 9. The minimum Gasteiger partial charge on any atom is -0.453 e. The Morgan fingerprint density at radius 2 is 1.75 bits per heavy atom. The molecule has 1 rings (SSSR count). The van der Waals surface area contributed by atoms with E-state index in [-0.39, 0.29) is 30.0 Å². The van der Waals surface area contributed by atoms with Crippen LogP contribution in [0.2, 0.25) is 0 Å². The summed E-state index contributed by atoms with van der Waals surface area (Å²) in [7, 11) is 3.03. The van der Waals surface area contributed by atoms with Gasteiger partial charge in [0.1, 0.15) is 5.60 Å². The van der Waals surface area contributed by atoms with Gasteiger partial charge in [0.05, 0.1) is 7.11 Å². The van der Waals surface area contributed by atoms with E-state index in [1.165, 1.54) is 7.11 Å². The Bertz CT molecular complexity index is 720. The largest absolute Gasteiger partial charge is 0.453 e. The van der Waals surface area contributed by atoms with Crippen LogP contribution in [0.15, 0.2) is 29.3 Å². The number of carbonyl (C=O) groups is 2. The van der Waals surface area contributed by atoms with Gasteiger partial charge < -0.3 is 25.4 Å². The van der Waals surface area contributed by atoms with Crippen LogP contribution in [-0.2, 0) is 16.0 Å². The van der Waals surface area contributed by atoms with Crippen molar-refractivity contribution in [3.8, 4) is 0 Å². The van der Waals surface area contributed by atoms with Crippen LogP contribution in [0.1, 0.15) is 52.5 Å². The second-order valence-corrected chi connectivity index (χ2v) is 8.11. The summed E-state index contributed by atoms with van der Waals surface area (Å²) in [4.78, 5) is 27.5. The van der Waals surface area contributed by atoms with Crippen molar-refractivity contribution < 1.29 is 19.1 Å². The van der Waals surface area contributed by atoms with E-state index in [1.54, 1.807) is 19.2 Å². The summed E-state index contributed by atoms with van der Waals surface area (Å²) in [6.07, 6.45) is 2.04. The van der Waals surface area contributed by atoms with Crippen LogP contribution >= 0.6 is 24.0 Å². The molecule has 0 bridgehead atoms. The molecule has 1 aromatic carbocycles. The molecule has 1 unspecified atom stereocenters. The second kappa shape index (κ2) is 15.5. The van der Waals surface area contributed by atoms with Crippen molar-refractivity contribution in [2.45, 2.75) is 65.1 Å². The zero-order chi connectivity index (χ0) is 23.3. The fraction of sp³-hybridized carbons (Fsp3) is 0.591. The van der Waals surface area contributed by atoms with Crippen LogP contribution in [0.4, 0.5) is 15.3 Å². The number of halogens is 1. The lowest BCUT2D eigenvalue weighted by Gasteiger charge is -2.24. The summed E-state index contributed by atoms with van der Waals surface area (Å²) in [5, 5.41) is 12.1. The van der Waals surface area contributed by atoms with Crippen LogP contribution < -0.4 is 21.3 Å². The first kappa shape index (κ1) is 29.8. The number of methoxy groups -OCH3 is 1. The van der Waals surface area contributed by atoms with E-state index in [1.807, 2.05) is 32.9 Å². The average molecular weight is 563 g/mol. The Labute approximate surface area is 208 Å². The number of guanidine groups is 1. The fourth-order valence-corrected chi connectivity index (χ4v) is 2.65. The van der Waals surface area contributed by atoms with Gasteiger partial charge in [-0.15, -0.1) is 24.0 Å². The number of nitrogens with zero attached hydrogens (tertiary/aromatic N) is 1. The molecule has 0 spiro atoms. The predicted octanol–water partition coefficient (Wildman–Crippen LogP) is 4.23. The first-order valence-electron chi connectivity index (χ1n) is 10.5. The summed E-state index contributed by atoms with van der Waals surface area (Å²) in [5.74, 6) is 0.642. The predicted molar refractivity (Wildman–Crippen MR) is 139 cm³/mol. The van der Waals surface area contributed by atoms with Crippen LogP contribution in [-0.4, -0.2) is 50.5 Å². The highest BCUT2D eigenvalue weighted by Crippen LogP contribution is 2.10. The summed E-state index contributed by atoms with van der Waals surface area (Å²) in [6.45, 7) is 8.63. The molecular formula is C22H38IN5O4. The fourth-order valence-electron chi connectivity index (χ4n) is 2.65. The van der Waals surface area contributed by atoms with Gasteiger partial charge in [0, 0.05) is 31.9 Å². The van der Waals surface area contributed by atoms with Gasteiger partial charge >= 0.3 is 12.2 Å². The zero-order valence-corrected chi connectivity index (χ0v) is 22.2. The molecule has 182 valence electrons. The van der Waals surface area contributed by atoms with Crippen molar-refractivity contribution in [1.29, 1.82) is 0 Å². The molecule has 32 heavy (non-hydrogen) atoms. The first-order chi connectivity index (χ1) is 14.7. The van der Waals surface area contributed by atoms with Crippen LogP contribution in [0.3, 0.4) is 0 Å². The molecule has 1 atom stereocenters. The van der Waals surface area contributed by atoms with Gasteiger partial charge in [-0.05, 0) is 44.9 Å². The van der Waals surface area contributed by atoms with Gasteiger partial charge in [-0.25, -0.2) is 9.59 Å². The first-order valence-corrected chi connectivity index (χ1v) is 10.5. The monoisotopic (exact) mass is 563 g/mol. The third-order valence-corrected chi connectivity index (χ3v) is 4.21. The van der Waals surface area contributed by atoms with Gasteiger partial charge in [-0.3, -0.25) is 10.3 Å². The second-order valence-electron chi connectivity index (χ2n) is 8.11. The molecule has 0 saturated heterocycles. The highest BCUT2D eigenvalue weighted by Gasteiger charge is 2.18. The van der Waals surface area contributed by atoms with Crippen LogP contribution in [0, 0.1) is 0 Å². The Morgan fingerprint density at radius 1 is 1.09 bits per heavy atom. The lowest BCUT2D eigenvalue weighted by molar-refractivity contribution is 0.0522. The van der Waals surface area contributed by atoms with Crippen molar-refractivity contribution in [3.05, 3.63) is 29.8 Å². The number of nitrogens with one attached hydrogen (secondary N) is 4. The molecule has 0 aliphatic heterocycles. The van der Waals surface area contributed by atoms with E-state index in [2.05, 4.69) is 37.9 Å². The highest BCUT2D eigenvalue weighted by molar-refractivity contribution is 14.0. The van der Waals surface area contributed by atoms with E-state index in [9.17, 15) is 9.59 Å². The Morgan fingerprint density at radius 3 is 2.28 bits per heavy atom. The van der Waals surface area contributed by atoms with Crippen molar-refractivity contribution in [3.63, 3.8) is 0 Å². The number of amides is 2. The summed E-state index contributed by atoms with van der Waals surface area (Å²) >= 11 is 0. The number of hydrogen-bond donors (Lipinski definition) is 4. The van der Waals surface area contributed by atoms with Crippen molar-refractivity contribution in [2.24, 2.45) is 4.99 Å². The lowest BCUT2D eigenvalue weighted by Crippen LogP contribution is -2.48. The third-order valence-electron chi connectivity index (χ3n) is 4.21. The zero-order valence-electron chi connectivity index (χ0n) is 19.9. The Kier molecular flexibility index (Phi) is 14.5. The molecule has 10 heteroatoms. The van der Waals surface area contributed by atoms with Gasteiger partial charge in [-0.1, -0.05) is 31.9 Å². The lowest BCUT2D eigenvalue weighted by atomic mass is 10.1. The van der Waals surface area contributed by atoms with E-state index in [0.717, 1.165) is 24.8 Å². The van der Waals surface area contributed by atoms with Crippen molar-refractivity contribution in [2.75, 3.05) is 26.0 Å². The quantitative estimate of drug-likeness (QED) is 0.203. The van der Waals surface area contributed by atoms with Gasteiger partial charge in [0.2, 0.25) is 0 Å². The number of aliphatic imine (C=N–C) groups is 1. The number of carbonyl (C=O) groups excluding carboxylic acids is 2. The van der Waals surface area contributed by atoms with Gasteiger partial charge in [-0.2, -0.15) is 0 Å². The number of benzene rings is 1. The molecule has 0 heterocycles. The molecule has 1 aromatic rings. The SMILES string of the molecule is CCCCC(CNC(=O)OC(C)(C)C)NC(=NC)NCc1ccc(NC(=O)OC)cc1.I. The number of hydrogen-bond acceptors (Lipinski definition) is 5. The van der Waals surface area contributed by atoms with Gasteiger partial charge in [0.25, 0.3) is 0 Å². The number of alkyl carbamates (subject to hydrolysis) is 1. The van der Waals surface area contributed by atoms with E-state index >= 15 is 0 Å². The standard InChI is InChI=1S/C22H37N5O4.HI/c1-7-8-9-18(15-25-20(28)31-22(2,3)4)26-19(23-5)24-14-16-10-12-17(13-11-16)27-21(29)30-6;/h10-13,18H,7-9,14-15H2,1-6H3,(H,25,28)(H,27,29)(H2,23,24,26);1H. The summed E-state index contributed by atoms with van der Waals surface area (Å²) in [6, 6.07) is 7.44. The topological polar surface area (TPSA) is 113 Å². The third kappa shape index (κ3) is 13.2.